The Hall–Kier alpha value is -3.04. The molecule has 0 aliphatic rings. The quantitative estimate of drug-likeness (QED) is 0.537. The average Bonchev–Trinajstić information content (AvgIpc) is 3.09. The molecule has 0 saturated heterocycles. The SMILES string of the molecule is O=S(=O)(Nc1ncn(Cc2ccc(F)cc2Cl)n1)c1cccc2cccnc12. The third-order valence-corrected chi connectivity index (χ3v) is 5.71. The lowest BCUT2D eigenvalue weighted by Gasteiger charge is -2.07. The number of para-hydroxylation sites is 1. The maximum atomic E-state index is 13.1. The number of pyridine rings is 1. The highest BCUT2D eigenvalue weighted by Crippen LogP contribution is 2.22. The fraction of sp³-hybridized carbons (Fsp3) is 0.0556. The van der Waals surface area contributed by atoms with Crippen LogP contribution in [0.15, 0.2) is 66.0 Å². The van der Waals surface area contributed by atoms with Crippen LogP contribution in [0.5, 0.6) is 0 Å². The molecule has 0 atom stereocenters. The molecule has 0 unspecified atom stereocenters. The zero-order valence-corrected chi connectivity index (χ0v) is 15.8. The molecule has 0 aliphatic carbocycles. The Balaban J connectivity index is 1.59. The number of aromatic nitrogens is 4. The molecule has 0 spiro atoms. The van der Waals surface area contributed by atoms with Gasteiger partial charge in [-0.3, -0.25) is 4.98 Å². The monoisotopic (exact) mass is 417 g/mol. The van der Waals surface area contributed by atoms with E-state index in [1.165, 1.54) is 41.5 Å². The standard InChI is InChI=1S/C18H13ClFN5O2S/c19-15-9-14(20)7-6-13(15)10-25-11-22-18(23-25)24-28(26,27)16-5-1-3-12-4-2-8-21-17(12)16/h1-9,11H,10H2,(H,23,24). The van der Waals surface area contributed by atoms with E-state index in [4.69, 9.17) is 11.6 Å². The second kappa shape index (κ2) is 7.17. The van der Waals surface area contributed by atoms with Crippen molar-refractivity contribution in [3.8, 4) is 0 Å². The van der Waals surface area contributed by atoms with Gasteiger partial charge in [0.1, 0.15) is 17.0 Å². The van der Waals surface area contributed by atoms with E-state index >= 15 is 0 Å². The van der Waals surface area contributed by atoms with Gasteiger partial charge in [-0.05, 0) is 29.8 Å². The third-order valence-electron chi connectivity index (χ3n) is 3.99. The molecule has 0 aliphatic heterocycles. The molecule has 0 radical (unpaired) electrons. The van der Waals surface area contributed by atoms with Gasteiger partial charge in [-0.25, -0.2) is 22.2 Å². The number of hydrogen-bond donors (Lipinski definition) is 1. The summed E-state index contributed by atoms with van der Waals surface area (Å²) in [6.45, 7) is 0.212. The summed E-state index contributed by atoms with van der Waals surface area (Å²) in [5, 5.41) is 5.06. The number of nitrogens with zero attached hydrogens (tertiary/aromatic N) is 4. The van der Waals surface area contributed by atoms with E-state index < -0.39 is 15.8 Å². The molecule has 10 heteroatoms. The smallest absolute Gasteiger partial charge is 0.255 e. The normalized spacial score (nSPS) is 11.6. The number of rotatable bonds is 5. The van der Waals surface area contributed by atoms with Crippen molar-refractivity contribution in [2.75, 3.05) is 4.72 Å². The molecule has 0 bridgehead atoms. The maximum Gasteiger partial charge on any atom is 0.266 e. The van der Waals surface area contributed by atoms with Crippen LogP contribution in [0.4, 0.5) is 10.3 Å². The van der Waals surface area contributed by atoms with Crippen molar-refractivity contribution >= 4 is 38.5 Å². The summed E-state index contributed by atoms with van der Waals surface area (Å²) in [4.78, 5) is 8.16. The van der Waals surface area contributed by atoms with Crippen molar-refractivity contribution in [3.63, 3.8) is 0 Å². The number of nitrogens with one attached hydrogen (secondary N) is 1. The van der Waals surface area contributed by atoms with Crippen molar-refractivity contribution in [1.29, 1.82) is 0 Å². The highest BCUT2D eigenvalue weighted by molar-refractivity contribution is 7.93. The number of anilines is 1. The zero-order valence-electron chi connectivity index (χ0n) is 14.3. The van der Waals surface area contributed by atoms with Crippen molar-refractivity contribution in [2.45, 2.75) is 11.4 Å². The predicted octanol–water partition coefficient (Wildman–Crippen LogP) is 3.47. The molecule has 0 fully saturated rings. The lowest BCUT2D eigenvalue weighted by atomic mass is 10.2. The minimum atomic E-state index is -3.94. The van der Waals surface area contributed by atoms with Gasteiger partial charge in [0.25, 0.3) is 16.0 Å². The summed E-state index contributed by atoms with van der Waals surface area (Å²) in [6.07, 6.45) is 2.89. The summed E-state index contributed by atoms with van der Waals surface area (Å²) in [5.74, 6) is -0.532. The molecule has 4 aromatic rings. The second-order valence-corrected chi connectivity index (χ2v) is 8.00. The van der Waals surface area contributed by atoms with Crippen LogP contribution in [0, 0.1) is 5.82 Å². The molecule has 7 nitrogen and oxygen atoms in total. The summed E-state index contributed by atoms with van der Waals surface area (Å²) in [6, 6.07) is 12.4. The van der Waals surface area contributed by atoms with Crippen LogP contribution in [0.1, 0.15) is 5.56 Å². The first-order valence-corrected chi connectivity index (χ1v) is 9.98. The summed E-state index contributed by atoms with van der Waals surface area (Å²) in [7, 11) is -3.94. The van der Waals surface area contributed by atoms with Gasteiger partial charge in [-0.15, -0.1) is 5.10 Å². The molecule has 0 amide bonds. The summed E-state index contributed by atoms with van der Waals surface area (Å²) < 4.78 is 42.4. The number of sulfonamides is 1. The van der Waals surface area contributed by atoms with Gasteiger partial charge < -0.3 is 0 Å². The summed E-state index contributed by atoms with van der Waals surface area (Å²) >= 11 is 6.01. The van der Waals surface area contributed by atoms with E-state index in [2.05, 4.69) is 19.8 Å². The van der Waals surface area contributed by atoms with Crippen LogP contribution in [0.2, 0.25) is 5.02 Å². The first-order valence-electron chi connectivity index (χ1n) is 8.12. The van der Waals surface area contributed by atoms with E-state index in [0.717, 1.165) is 0 Å². The van der Waals surface area contributed by atoms with E-state index in [1.807, 2.05) is 0 Å². The van der Waals surface area contributed by atoms with Gasteiger partial charge in [0.2, 0.25) is 0 Å². The number of hydrogen-bond acceptors (Lipinski definition) is 5. The predicted molar refractivity (Wildman–Crippen MR) is 103 cm³/mol. The molecule has 2 aromatic carbocycles. The van der Waals surface area contributed by atoms with Crippen LogP contribution in [0.3, 0.4) is 0 Å². The van der Waals surface area contributed by atoms with Crippen molar-refractivity contribution in [1.82, 2.24) is 19.7 Å². The molecular formula is C18H13ClFN5O2S. The van der Waals surface area contributed by atoms with Crippen LogP contribution in [-0.2, 0) is 16.6 Å². The Morgan fingerprint density at radius 3 is 2.75 bits per heavy atom. The molecule has 2 heterocycles. The topological polar surface area (TPSA) is 89.8 Å². The maximum absolute atomic E-state index is 13.1. The van der Waals surface area contributed by atoms with E-state index in [-0.39, 0.29) is 22.4 Å². The Morgan fingerprint density at radius 1 is 1.11 bits per heavy atom. The lowest BCUT2D eigenvalue weighted by Crippen LogP contribution is -2.15. The molecule has 28 heavy (non-hydrogen) atoms. The first kappa shape index (κ1) is 18.3. The minimum absolute atomic E-state index is 0.0310. The van der Waals surface area contributed by atoms with Crippen molar-refractivity contribution in [3.05, 3.63) is 77.5 Å². The summed E-state index contributed by atoms with van der Waals surface area (Å²) in [5.41, 5.74) is 0.982. The highest BCUT2D eigenvalue weighted by Gasteiger charge is 2.20. The fourth-order valence-electron chi connectivity index (χ4n) is 2.71. The fourth-order valence-corrected chi connectivity index (χ4v) is 4.06. The molecular weight excluding hydrogens is 405 g/mol. The molecule has 2 aromatic heterocycles. The molecule has 0 saturated carbocycles. The molecule has 142 valence electrons. The largest absolute Gasteiger partial charge is 0.266 e. The number of halogens is 2. The third kappa shape index (κ3) is 3.67. The lowest BCUT2D eigenvalue weighted by molar-refractivity contribution is 0.601. The number of benzene rings is 2. The van der Waals surface area contributed by atoms with Gasteiger partial charge in [0.05, 0.1) is 12.1 Å². The van der Waals surface area contributed by atoms with Crippen LogP contribution < -0.4 is 4.72 Å². The van der Waals surface area contributed by atoms with E-state index in [9.17, 15) is 12.8 Å². The average molecular weight is 418 g/mol. The molecule has 4 rings (SSSR count). The Morgan fingerprint density at radius 2 is 1.93 bits per heavy atom. The van der Waals surface area contributed by atoms with E-state index in [0.29, 0.717) is 16.5 Å². The Kier molecular flexibility index (Phi) is 4.70. The first-order chi connectivity index (χ1) is 13.4. The van der Waals surface area contributed by atoms with Crippen molar-refractivity contribution < 1.29 is 12.8 Å². The number of fused-ring (bicyclic) bond motifs is 1. The second-order valence-electron chi connectivity index (χ2n) is 5.94. The molecule has 1 N–H and O–H groups in total. The Bertz CT molecular complexity index is 1270. The van der Waals surface area contributed by atoms with Gasteiger partial charge >= 0.3 is 0 Å². The Labute approximate surface area is 164 Å². The van der Waals surface area contributed by atoms with Gasteiger partial charge in [-0.2, -0.15) is 4.98 Å². The van der Waals surface area contributed by atoms with Crippen molar-refractivity contribution in [2.24, 2.45) is 0 Å². The zero-order chi connectivity index (χ0) is 19.7. The van der Waals surface area contributed by atoms with E-state index in [1.54, 1.807) is 24.3 Å². The van der Waals surface area contributed by atoms with Gasteiger partial charge in [-0.1, -0.05) is 35.9 Å². The van der Waals surface area contributed by atoms with Gasteiger partial charge in [0, 0.05) is 16.6 Å². The highest BCUT2D eigenvalue weighted by atomic mass is 35.5. The van der Waals surface area contributed by atoms with Crippen LogP contribution in [0.25, 0.3) is 10.9 Å². The van der Waals surface area contributed by atoms with Crippen LogP contribution in [-0.4, -0.2) is 28.2 Å². The van der Waals surface area contributed by atoms with Gasteiger partial charge in [0.15, 0.2) is 0 Å². The minimum Gasteiger partial charge on any atom is -0.255 e. The van der Waals surface area contributed by atoms with Crippen LogP contribution >= 0.6 is 11.6 Å².